The van der Waals surface area contributed by atoms with E-state index in [-0.39, 0.29) is 11.5 Å². The summed E-state index contributed by atoms with van der Waals surface area (Å²) in [5.74, 6) is -1.65. The number of benzene rings is 2. The van der Waals surface area contributed by atoms with E-state index in [0.29, 0.717) is 29.5 Å². The van der Waals surface area contributed by atoms with Gasteiger partial charge in [-0.1, -0.05) is 26.0 Å². The monoisotopic (exact) mass is 344 g/mol. The van der Waals surface area contributed by atoms with E-state index in [2.05, 4.69) is 10.3 Å². The zero-order chi connectivity index (χ0) is 18.0. The van der Waals surface area contributed by atoms with E-state index in [0.717, 1.165) is 12.1 Å². The van der Waals surface area contributed by atoms with Crippen molar-refractivity contribution in [3.05, 3.63) is 65.6 Å². The maximum Gasteiger partial charge on any atom is 0.254 e. The molecule has 1 N–H and O–H groups in total. The first-order valence-corrected chi connectivity index (χ1v) is 8.05. The fourth-order valence-corrected chi connectivity index (χ4v) is 2.64. The second-order valence-corrected chi connectivity index (χ2v) is 6.30. The largest absolute Gasteiger partial charge is 0.438 e. The zero-order valence-electron chi connectivity index (χ0n) is 13.9. The zero-order valence-corrected chi connectivity index (χ0v) is 13.9. The number of hydrogen-bond acceptors (Lipinski definition) is 3. The number of aromatic nitrogens is 1. The summed E-state index contributed by atoms with van der Waals surface area (Å²) in [6.07, 6.45) is 0.571. The number of nitrogens with one attached hydrogen (secondary N) is 1. The topological polar surface area (TPSA) is 55.1 Å². The summed E-state index contributed by atoms with van der Waals surface area (Å²) in [6.45, 7) is 4.00. The number of carbonyl (C=O) groups excluding carboxylic acids is 1. The van der Waals surface area contributed by atoms with Crippen molar-refractivity contribution in [1.82, 2.24) is 10.3 Å². The van der Waals surface area contributed by atoms with Gasteiger partial charge in [0.05, 0.1) is 5.56 Å². The molecule has 3 aromatic rings. The molecule has 0 saturated carbocycles. The Kier molecular flexibility index (Phi) is 4.79. The Morgan fingerprint density at radius 3 is 2.64 bits per heavy atom. The first kappa shape index (κ1) is 17.1. The van der Waals surface area contributed by atoms with Gasteiger partial charge in [0, 0.05) is 6.07 Å². The van der Waals surface area contributed by atoms with E-state index in [4.69, 9.17) is 4.42 Å². The minimum atomic E-state index is -0.904. The molecule has 0 bridgehead atoms. The summed E-state index contributed by atoms with van der Waals surface area (Å²) in [6, 6.07) is 9.64. The fraction of sp³-hybridized carbons (Fsp3) is 0.263. The van der Waals surface area contributed by atoms with E-state index >= 15 is 0 Å². The number of para-hydroxylation sites is 2. The predicted molar refractivity (Wildman–Crippen MR) is 90.0 cm³/mol. The Morgan fingerprint density at radius 1 is 1.20 bits per heavy atom. The minimum Gasteiger partial charge on any atom is -0.438 e. The Balaban J connectivity index is 1.89. The van der Waals surface area contributed by atoms with Gasteiger partial charge in [0.25, 0.3) is 5.91 Å². The summed E-state index contributed by atoms with van der Waals surface area (Å²) in [7, 11) is 0. The van der Waals surface area contributed by atoms with Crippen LogP contribution in [0.3, 0.4) is 0 Å². The SMILES string of the molecule is CC(C)C[C@H](NC(=O)c1ccc(F)cc1F)c1nc2ccccc2o1. The number of amides is 1. The predicted octanol–water partition coefficient (Wildman–Crippen LogP) is 4.62. The van der Waals surface area contributed by atoms with Gasteiger partial charge in [0.2, 0.25) is 5.89 Å². The first-order chi connectivity index (χ1) is 11.9. The standard InChI is InChI=1S/C19H18F2N2O2/c1-11(2)9-16(19-23-15-5-3-4-6-17(15)25-19)22-18(24)13-8-7-12(20)10-14(13)21/h3-8,10-11,16H,9H2,1-2H3,(H,22,24)/t16-/m0/s1. The van der Waals surface area contributed by atoms with Gasteiger partial charge in [0.1, 0.15) is 23.2 Å². The lowest BCUT2D eigenvalue weighted by molar-refractivity contribution is 0.0920. The molecule has 6 heteroatoms. The molecule has 2 aromatic carbocycles. The molecule has 4 nitrogen and oxygen atoms in total. The van der Waals surface area contributed by atoms with Crippen molar-refractivity contribution in [2.45, 2.75) is 26.3 Å². The van der Waals surface area contributed by atoms with Gasteiger partial charge < -0.3 is 9.73 Å². The van der Waals surface area contributed by atoms with E-state index in [1.807, 2.05) is 32.0 Å². The quantitative estimate of drug-likeness (QED) is 0.734. The van der Waals surface area contributed by atoms with Crippen molar-refractivity contribution < 1.29 is 18.0 Å². The maximum atomic E-state index is 13.8. The Bertz CT molecular complexity index is 872. The van der Waals surface area contributed by atoms with E-state index < -0.39 is 23.6 Å². The van der Waals surface area contributed by atoms with Crippen LogP contribution in [0.1, 0.15) is 42.6 Å². The molecule has 1 aromatic heterocycles. The van der Waals surface area contributed by atoms with Gasteiger partial charge in [0.15, 0.2) is 5.58 Å². The van der Waals surface area contributed by atoms with Gasteiger partial charge in [-0.05, 0) is 36.6 Å². The first-order valence-electron chi connectivity index (χ1n) is 8.05. The van der Waals surface area contributed by atoms with Crippen molar-refractivity contribution >= 4 is 17.0 Å². The molecule has 25 heavy (non-hydrogen) atoms. The molecule has 1 heterocycles. The number of oxazole rings is 1. The van der Waals surface area contributed by atoms with E-state index in [1.54, 1.807) is 6.07 Å². The highest BCUT2D eigenvalue weighted by Gasteiger charge is 2.23. The number of halogens is 2. The molecule has 0 spiro atoms. The third-order valence-electron chi connectivity index (χ3n) is 3.80. The average Bonchev–Trinajstić information content (AvgIpc) is 2.97. The highest BCUT2D eigenvalue weighted by molar-refractivity contribution is 5.94. The van der Waals surface area contributed by atoms with Crippen molar-refractivity contribution in [3.8, 4) is 0 Å². The van der Waals surface area contributed by atoms with Crippen LogP contribution in [0.15, 0.2) is 46.9 Å². The number of fused-ring (bicyclic) bond motifs is 1. The summed E-state index contributed by atoms with van der Waals surface area (Å²) in [5.41, 5.74) is 1.09. The normalized spacial score (nSPS) is 12.5. The lowest BCUT2D eigenvalue weighted by Gasteiger charge is -2.18. The molecule has 0 saturated heterocycles. The third-order valence-corrected chi connectivity index (χ3v) is 3.80. The van der Waals surface area contributed by atoms with Gasteiger partial charge >= 0.3 is 0 Å². The molecule has 0 aliphatic carbocycles. The smallest absolute Gasteiger partial charge is 0.254 e. The number of rotatable bonds is 5. The van der Waals surface area contributed by atoms with Crippen LogP contribution in [-0.4, -0.2) is 10.9 Å². The fourth-order valence-electron chi connectivity index (χ4n) is 2.64. The molecule has 0 aliphatic heterocycles. The second kappa shape index (κ2) is 7.01. The van der Waals surface area contributed by atoms with Crippen LogP contribution in [0.5, 0.6) is 0 Å². The highest BCUT2D eigenvalue weighted by Crippen LogP contribution is 2.25. The van der Waals surface area contributed by atoms with Crippen LogP contribution in [-0.2, 0) is 0 Å². The number of carbonyl (C=O) groups is 1. The van der Waals surface area contributed by atoms with Gasteiger partial charge in [-0.15, -0.1) is 0 Å². The van der Waals surface area contributed by atoms with Crippen molar-refractivity contribution in [2.75, 3.05) is 0 Å². The average molecular weight is 344 g/mol. The van der Waals surface area contributed by atoms with Crippen LogP contribution >= 0.6 is 0 Å². The van der Waals surface area contributed by atoms with Crippen LogP contribution in [0.4, 0.5) is 8.78 Å². The Labute approximate surface area is 143 Å². The summed E-state index contributed by atoms with van der Waals surface area (Å²) < 4.78 is 32.6. The summed E-state index contributed by atoms with van der Waals surface area (Å²) >= 11 is 0. The minimum absolute atomic E-state index is 0.216. The maximum absolute atomic E-state index is 13.8. The van der Waals surface area contributed by atoms with E-state index in [1.165, 1.54) is 0 Å². The van der Waals surface area contributed by atoms with Gasteiger partial charge in [-0.25, -0.2) is 13.8 Å². The Morgan fingerprint density at radius 2 is 1.96 bits per heavy atom. The molecular formula is C19H18F2N2O2. The highest BCUT2D eigenvalue weighted by atomic mass is 19.1. The van der Waals surface area contributed by atoms with Crippen molar-refractivity contribution in [2.24, 2.45) is 5.92 Å². The van der Waals surface area contributed by atoms with Gasteiger partial charge in [-0.2, -0.15) is 0 Å². The van der Waals surface area contributed by atoms with Gasteiger partial charge in [-0.3, -0.25) is 4.79 Å². The van der Waals surface area contributed by atoms with Crippen LogP contribution in [0.25, 0.3) is 11.1 Å². The summed E-state index contributed by atoms with van der Waals surface area (Å²) in [4.78, 5) is 16.8. The molecule has 0 radical (unpaired) electrons. The lowest BCUT2D eigenvalue weighted by atomic mass is 10.0. The summed E-state index contributed by atoms with van der Waals surface area (Å²) in [5, 5.41) is 2.74. The third kappa shape index (κ3) is 3.84. The molecule has 130 valence electrons. The number of nitrogens with zero attached hydrogens (tertiary/aromatic N) is 1. The van der Waals surface area contributed by atoms with E-state index in [9.17, 15) is 13.6 Å². The molecule has 0 aliphatic rings. The van der Waals surface area contributed by atoms with Crippen molar-refractivity contribution in [3.63, 3.8) is 0 Å². The second-order valence-electron chi connectivity index (χ2n) is 6.30. The lowest BCUT2D eigenvalue weighted by Crippen LogP contribution is -2.30. The van der Waals surface area contributed by atoms with Crippen LogP contribution < -0.4 is 5.32 Å². The molecular weight excluding hydrogens is 326 g/mol. The molecule has 0 unspecified atom stereocenters. The van der Waals surface area contributed by atoms with Crippen molar-refractivity contribution in [1.29, 1.82) is 0 Å². The van der Waals surface area contributed by atoms with Crippen LogP contribution in [0.2, 0.25) is 0 Å². The molecule has 1 atom stereocenters. The number of hydrogen-bond donors (Lipinski definition) is 1. The molecule has 0 fully saturated rings. The molecule has 3 rings (SSSR count). The Hall–Kier alpha value is -2.76. The molecule has 1 amide bonds. The van der Waals surface area contributed by atoms with Crippen LogP contribution in [0, 0.1) is 17.6 Å².